The zero-order valence-electron chi connectivity index (χ0n) is 16.5. The van der Waals surface area contributed by atoms with Crippen molar-refractivity contribution in [2.45, 2.75) is 0 Å². The monoisotopic (exact) mass is 471 g/mol. The number of hydrogen-bond acceptors (Lipinski definition) is 6. The molecule has 0 unspecified atom stereocenters. The molecule has 4 N–H and O–H groups in total. The summed E-state index contributed by atoms with van der Waals surface area (Å²) >= 11 is 6.11. The summed E-state index contributed by atoms with van der Waals surface area (Å²) in [5.41, 5.74) is 12.0. The van der Waals surface area contributed by atoms with Gasteiger partial charge in [-0.25, -0.2) is 9.79 Å². The van der Waals surface area contributed by atoms with Crippen LogP contribution in [0.2, 0.25) is 5.02 Å². The number of rotatable bonds is 7. The summed E-state index contributed by atoms with van der Waals surface area (Å²) in [7, 11) is -4.05. The SMILES string of the molecule is NC(N)=Nc1ccc(C(=O)Oc2ccc(OS(=O)(=O)/C=C/c3ccccc3)c(Cl)c2)cc1. The average molecular weight is 472 g/mol. The van der Waals surface area contributed by atoms with Crippen LogP contribution in [0.5, 0.6) is 11.5 Å². The number of ether oxygens (including phenoxy) is 1. The van der Waals surface area contributed by atoms with E-state index in [-0.39, 0.29) is 28.0 Å². The van der Waals surface area contributed by atoms with Crippen LogP contribution in [0.25, 0.3) is 6.08 Å². The first-order chi connectivity index (χ1) is 15.2. The van der Waals surface area contributed by atoms with Gasteiger partial charge in [0.2, 0.25) is 0 Å². The van der Waals surface area contributed by atoms with Gasteiger partial charge in [-0.1, -0.05) is 41.9 Å². The highest BCUT2D eigenvalue weighted by Crippen LogP contribution is 2.30. The van der Waals surface area contributed by atoms with Gasteiger partial charge in [0.05, 0.1) is 21.7 Å². The van der Waals surface area contributed by atoms with Crippen molar-refractivity contribution >= 4 is 45.4 Å². The van der Waals surface area contributed by atoms with Crippen LogP contribution >= 0.6 is 11.6 Å². The lowest BCUT2D eigenvalue weighted by Gasteiger charge is -2.09. The molecule has 0 saturated carbocycles. The third kappa shape index (κ3) is 6.59. The van der Waals surface area contributed by atoms with E-state index in [1.54, 1.807) is 36.4 Å². The lowest BCUT2D eigenvalue weighted by Crippen LogP contribution is -2.21. The molecule has 0 bridgehead atoms. The van der Waals surface area contributed by atoms with E-state index in [1.165, 1.54) is 36.4 Å². The van der Waals surface area contributed by atoms with E-state index in [0.717, 1.165) is 5.41 Å². The summed E-state index contributed by atoms with van der Waals surface area (Å²) in [6, 6.07) is 18.9. The summed E-state index contributed by atoms with van der Waals surface area (Å²) in [4.78, 5) is 16.2. The van der Waals surface area contributed by atoms with Crippen molar-refractivity contribution in [3.8, 4) is 11.5 Å². The Morgan fingerprint density at radius 2 is 1.66 bits per heavy atom. The van der Waals surface area contributed by atoms with Crippen LogP contribution < -0.4 is 20.4 Å². The largest absolute Gasteiger partial charge is 0.423 e. The Labute approximate surface area is 189 Å². The summed E-state index contributed by atoms with van der Waals surface area (Å²) < 4.78 is 34.7. The molecule has 0 aromatic heterocycles. The Hall–Kier alpha value is -3.82. The number of aliphatic imine (C=N–C) groups is 1. The number of benzene rings is 3. The second-order valence-electron chi connectivity index (χ2n) is 6.35. The molecule has 3 aromatic carbocycles. The minimum Gasteiger partial charge on any atom is -0.423 e. The van der Waals surface area contributed by atoms with E-state index < -0.39 is 16.1 Å². The summed E-state index contributed by atoms with van der Waals surface area (Å²) in [6.45, 7) is 0. The van der Waals surface area contributed by atoms with Gasteiger partial charge in [-0.2, -0.15) is 8.42 Å². The Balaban J connectivity index is 1.67. The zero-order chi connectivity index (χ0) is 23.1. The molecule has 0 saturated heterocycles. The minimum atomic E-state index is -4.05. The van der Waals surface area contributed by atoms with E-state index in [2.05, 4.69) is 4.99 Å². The molecule has 10 heteroatoms. The van der Waals surface area contributed by atoms with Crippen molar-refractivity contribution in [3.05, 3.63) is 94.4 Å². The predicted octanol–water partition coefficient (Wildman–Crippen LogP) is 3.84. The van der Waals surface area contributed by atoms with Crippen LogP contribution in [0.4, 0.5) is 5.69 Å². The molecule has 0 aliphatic heterocycles. The van der Waals surface area contributed by atoms with E-state index >= 15 is 0 Å². The standard InChI is InChI=1S/C22H18ClN3O5S/c23-19-14-18(30-21(27)16-6-8-17(9-7-16)26-22(24)25)10-11-20(19)31-32(28,29)13-12-15-4-2-1-3-5-15/h1-14H,(H4,24,25,26)/b13-12+. The number of halogens is 1. The van der Waals surface area contributed by atoms with Crippen LogP contribution in [-0.2, 0) is 10.1 Å². The second kappa shape index (κ2) is 9.99. The third-order valence-electron chi connectivity index (χ3n) is 3.91. The molecule has 3 aromatic rings. The van der Waals surface area contributed by atoms with Gasteiger partial charge in [-0.15, -0.1) is 0 Å². The predicted molar refractivity (Wildman–Crippen MR) is 123 cm³/mol. The molecule has 32 heavy (non-hydrogen) atoms. The summed E-state index contributed by atoms with van der Waals surface area (Å²) in [5.74, 6) is -0.747. The smallest absolute Gasteiger partial charge is 0.343 e. The Morgan fingerprint density at radius 3 is 2.28 bits per heavy atom. The summed E-state index contributed by atoms with van der Waals surface area (Å²) in [6.07, 6.45) is 1.40. The summed E-state index contributed by atoms with van der Waals surface area (Å²) in [5, 5.41) is 0.883. The van der Waals surface area contributed by atoms with Crippen LogP contribution in [0.3, 0.4) is 0 Å². The first-order valence-corrected chi connectivity index (χ1v) is 11.0. The van der Waals surface area contributed by atoms with Gasteiger partial charge in [0.1, 0.15) is 5.75 Å². The van der Waals surface area contributed by atoms with Crippen molar-refractivity contribution in [1.82, 2.24) is 0 Å². The number of carbonyl (C=O) groups is 1. The Bertz CT molecular complexity index is 1270. The molecule has 0 aliphatic rings. The van der Waals surface area contributed by atoms with Gasteiger partial charge in [-0.05, 0) is 48.0 Å². The molecule has 0 fully saturated rings. The molecule has 3 rings (SSSR count). The maximum Gasteiger partial charge on any atom is 0.343 e. The maximum atomic E-state index is 12.3. The number of nitrogens with two attached hydrogens (primary N) is 2. The topological polar surface area (TPSA) is 134 Å². The molecule has 0 spiro atoms. The fraction of sp³-hybridized carbons (Fsp3) is 0. The van der Waals surface area contributed by atoms with Crippen molar-refractivity contribution < 1.29 is 22.1 Å². The first kappa shape index (κ1) is 22.9. The third-order valence-corrected chi connectivity index (χ3v) is 5.08. The fourth-order valence-electron chi connectivity index (χ4n) is 2.48. The van der Waals surface area contributed by atoms with Gasteiger partial charge in [0.25, 0.3) is 0 Å². The van der Waals surface area contributed by atoms with E-state index in [9.17, 15) is 13.2 Å². The fourth-order valence-corrected chi connectivity index (χ4v) is 3.51. The molecule has 164 valence electrons. The lowest BCUT2D eigenvalue weighted by atomic mass is 10.2. The molecule has 0 atom stereocenters. The van der Waals surface area contributed by atoms with Crippen LogP contribution in [-0.4, -0.2) is 20.3 Å². The van der Waals surface area contributed by atoms with Crippen molar-refractivity contribution in [1.29, 1.82) is 0 Å². The van der Waals surface area contributed by atoms with E-state index in [1.807, 2.05) is 6.07 Å². The van der Waals surface area contributed by atoms with Crippen LogP contribution in [0, 0.1) is 0 Å². The number of hydrogen-bond donors (Lipinski definition) is 2. The van der Waals surface area contributed by atoms with Gasteiger partial charge >= 0.3 is 16.1 Å². The van der Waals surface area contributed by atoms with Crippen molar-refractivity contribution in [3.63, 3.8) is 0 Å². The van der Waals surface area contributed by atoms with Crippen LogP contribution in [0.15, 0.2) is 83.2 Å². The highest BCUT2D eigenvalue weighted by atomic mass is 35.5. The van der Waals surface area contributed by atoms with Gasteiger partial charge < -0.3 is 20.4 Å². The molecular formula is C22H18ClN3O5S. The Morgan fingerprint density at radius 1 is 0.969 bits per heavy atom. The second-order valence-corrected chi connectivity index (χ2v) is 8.19. The average Bonchev–Trinajstić information content (AvgIpc) is 2.75. The quantitative estimate of drug-likeness (QED) is 0.176. The number of nitrogens with zero attached hydrogens (tertiary/aromatic N) is 1. The molecular weight excluding hydrogens is 454 g/mol. The number of carbonyl (C=O) groups excluding carboxylic acids is 1. The van der Waals surface area contributed by atoms with Gasteiger partial charge in [0.15, 0.2) is 11.7 Å². The first-order valence-electron chi connectivity index (χ1n) is 9.11. The lowest BCUT2D eigenvalue weighted by molar-refractivity contribution is 0.0734. The van der Waals surface area contributed by atoms with Crippen molar-refractivity contribution in [2.75, 3.05) is 0 Å². The van der Waals surface area contributed by atoms with E-state index in [0.29, 0.717) is 11.3 Å². The number of esters is 1. The maximum absolute atomic E-state index is 12.3. The van der Waals surface area contributed by atoms with Crippen LogP contribution in [0.1, 0.15) is 15.9 Å². The Kier molecular flexibility index (Phi) is 7.14. The molecule has 0 radical (unpaired) electrons. The van der Waals surface area contributed by atoms with E-state index in [4.69, 9.17) is 32.0 Å². The molecule has 0 heterocycles. The number of guanidine groups is 1. The highest BCUT2D eigenvalue weighted by Gasteiger charge is 2.14. The molecule has 0 amide bonds. The normalized spacial score (nSPS) is 11.2. The molecule has 0 aliphatic carbocycles. The van der Waals surface area contributed by atoms with Gasteiger partial charge in [0, 0.05) is 6.07 Å². The molecule has 8 nitrogen and oxygen atoms in total. The van der Waals surface area contributed by atoms with Crippen molar-refractivity contribution in [2.24, 2.45) is 16.5 Å². The highest BCUT2D eigenvalue weighted by molar-refractivity contribution is 7.90. The zero-order valence-corrected chi connectivity index (χ0v) is 18.1. The van der Waals surface area contributed by atoms with Gasteiger partial charge in [-0.3, -0.25) is 0 Å². The minimum absolute atomic E-state index is 0.0462.